The lowest BCUT2D eigenvalue weighted by molar-refractivity contribution is -0.0249. The molecule has 0 unspecified atom stereocenters. The van der Waals surface area contributed by atoms with Crippen molar-refractivity contribution in [3.63, 3.8) is 0 Å². The summed E-state index contributed by atoms with van der Waals surface area (Å²) >= 11 is 0. The quantitative estimate of drug-likeness (QED) is 0.895. The maximum Gasteiger partial charge on any atom is 0.0698 e. The normalized spacial score (nSPS) is 34.4. The highest BCUT2D eigenvalue weighted by atomic mass is 16.3. The molecule has 0 amide bonds. The van der Waals surface area contributed by atoms with Gasteiger partial charge in [0.25, 0.3) is 0 Å². The maximum absolute atomic E-state index is 10.8. The first-order valence-electron chi connectivity index (χ1n) is 10.2. The molecule has 3 fully saturated rings. The van der Waals surface area contributed by atoms with E-state index in [1.165, 1.54) is 18.5 Å². The van der Waals surface area contributed by atoms with E-state index in [1.807, 2.05) is 0 Å². The zero-order valence-corrected chi connectivity index (χ0v) is 16.0. The molecule has 2 aliphatic heterocycles. The predicted molar refractivity (Wildman–Crippen MR) is 107 cm³/mol. The minimum Gasteiger partial charge on any atom is -0.391 e. The van der Waals surface area contributed by atoms with Crippen LogP contribution in [0.15, 0.2) is 36.4 Å². The maximum atomic E-state index is 10.8. The fraction of sp³-hybridized carbons (Fsp3) is 0.636. The zero-order valence-electron chi connectivity index (χ0n) is 16.0. The molecule has 26 heavy (non-hydrogen) atoms. The lowest BCUT2D eigenvalue weighted by Crippen LogP contribution is -2.55. The van der Waals surface area contributed by atoms with Crippen LogP contribution in [0, 0.1) is 11.8 Å². The van der Waals surface area contributed by atoms with Gasteiger partial charge in [0.05, 0.1) is 6.10 Å². The van der Waals surface area contributed by atoms with Crippen LogP contribution in [-0.2, 0) is 0 Å². The predicted octanol–water partition coefficient (Wildman–Crippen LogP) is 2.02. The molecule has 3 aliphatic rings. The molecule has 4 nitrogen and oxygen atoms in total. The van der Waals surface area contributed by atoms with Crippen LogP contribution >= 0.6 is 0 Å². The molecule has 4 atom stereocenters. The minimum atomic E-state index is -0.139. The van der Waals surface area contributed by atoms with Crippen molar-refractivity contribution in [3.05, 3.63) is 42.0 Å². The van der Waals surface area contributed by atoms with E-state index in [0.29, 0.717) is 12.0 Å². The molecule has 1 saturated carbocycles. The molecular formula is C22H33N3O. The monoisotopic (exact) mass is 355 g/mol. The first-order valence-corrected chi connectivity index (χ1v) is 10.2. The van der Waals surface area contributed by atoms with Crippen molar-refractivity contribution in [2.24, 2.45) is 11.8 Å². The summed E-state index contributed by atoms with van der Waals surface area (Å²) < 4.78 is 0. The van der Waals surface area contributed by atoms with E-state index in [0.717, 1.165) is 51.6 Å². The van der Waals surface area contributed by atoms with Gasteiger partial charge in [-0.3, -0.25) is 9.80 Å². The smallest absolute Gasteiger partial charge is 0.0698 e. The first kappa shape index (κ1) is 18.2. The zero-order chi connectivity index (χ0) is 17.9. The Bertz CT molecular complexity index is 597. The number of hydrogen-bond acceptors (Lipinski definition) is 4. The van der Waals surface area contributed by atoms with Crippen LogP contribution in [0.4, 0.5) is 0 Å². The number of piperazine rings is 1. The highest BCUT2D eigenvalue weighted by Gasteiger charge is 2.43. The molecular weight excluding hydrogens is 322 g/mol. The highest BCUT2D eigenvalue weighted by Crippen LogP contribution is 2.38. The Labute approximate surface area is 158 Å². The van der Waals surface area contributed by atoms with Gasteiger partial charge in [-0.15, -0.1) is 0 Å². The fourth-order valence-electron chi connectivity index (χ4n) is 5.10. The number of aliphatic hydroxyl groups excluding tert-OH is 1. The van der Waals surface area contributed by atoms with Crippen molar-refractivity contribution >= 4 is 6.08 Å². The molecule has 1 aromatic rings. The third-order valence-electron chi connectivity index (χ3n) is 6.67. The summed E-state index contributed by atoms with van der Waals surface area (Å²) in [5.74, 6) is 1.44. The molecule has 2 heterocycles. The van der Waals surface area contributed by atoms with Crippen molar-refractivity contribution < 1.29 is 5.11 Å². The number of likely N-dealkylation sites (tertiary alicyclic amines) is 1. The van der Waals surface area contributed by atoms with Crippen molar-refractivity contribution in [2.45, 2.75) is 25.0 Å². The number of aliphatic hydroxyl groups is 1. The number of nitrogens with zero attached hydrogens (tertiary/aromatic N) is 3. The van der Waals surface area contributed by atoms with Crippen LogP contribution in [0.25, 0.3) is 6.08 Å². The Morgan fingerprint density at radius 1 is 1.00 bits per heavy atom. The van der Waals surface area contributed by atoms with E-state index in [2.05, 4.69) is 64.2 Å². The van der Waals surface area contributed by atoms with Gasteiger partial charge in [-0.05, 0) is 37.3 Å². The molecule has 2 saturated heterocycles. The second-order valence-electron chi connectivity index (χ2n) is 8.50. The van der Waals surface area contributed by atoms with Crippen molar-refractivity contribution in [3.8, 4) is 0 Å². The van der Waals surface area contributed by atoms with Crippen LogP contribution in [0.1, 0.15) is 18.4 Å². The first-order chi connectivity index (χ1) is 12.7. The molecule has 1 aliphatic carbocycles. The molecule has 142 valence electrons. The Morgan fingerprint density at radius 2 is 1.69 bits per heavy atom. The number of benzene rings is 1. The SMILES string of the molecule is CN1CCN([C@@H]2C[C@@H]3CN(C/C=C/c4ccccc4)C[C@@H]3C[C@H]2O)CC1. The van der Waals surface area contributed by atoms with Crippen LogP contribution < -0.4 is 0 Å². The van der Waals surface area contributed by atoms with Gasteiger partial charge >= 0.3 is 0 Å². The summed E-state index contributed by atoms with van der Waals surface area (Å²) in [7, 11) is 2.20. The standard InChI is InChI=1S/C22H33N3O/c1-23-10-12-25(13-11-23)21-14-19-16-24(17-20(19)15-22(21)26)9-5-8-18-6-3-2-4-7-18/h2-8,19-22,26H,9-17H2,1H3/b8-5+/t19-,20+,21-,22-/m1/s1. The number of hydrogen-bond donors (Lipinski definition) is 1. The third-order valence-corrected chi connectivity index (χ3v) is 6.67. The average molecular weight is 356 g/mol. The van der Waals surface area contributed by atoms with Gasteiger partial charge in [-0.1, -0.05) is 42.5 Å². The van der Waals surface area contributed by atoms with E-state index >= 15 is 0 Å². The minimum absolute atomic E-state index is 0.139. The second kappa shape index (κ2) is 8.22. The number of rotatable bonds is 4. The molecule has 1 aromatic carbocycles. The molecule has 0 bridgehead atoms. The topological polar surface area (TPSA) is 30.0 Å². The second-order valence-corrected chi connectivity index (χ2v) is 8.50. The van der Waals surface area contributed by atoms with E-state index < -0.39 is 0 Å². The average Bonchev–Trinajstić information content (AvgIpc) is 3.04. The van der Waals surface area contributed by atoms with Gasteiger partial charge in [0, 0.05) is 51.9 Å². The largest absolute Gasteiger partial charge is 0.391 e. The van der Waals surface area contributed by atoms with Crippen molar-refractivity contribution in [1.29, 1.82) is 0 Å². The molecule has 0 aromatic heterocycles. The van der Waals surface area contributed by atoms with Crippen LogP contribution in [0.2, 0.25) is 0 Å². The Hall–Kier alpha value is -1.20. The molecule has 1 N–H and O–H groups in total. The van der Waals surface area contributed by atoms with E-state index in [-0.39, 0.29) is 6.10 Å². The molecule has 0 radical (unpaired) electrons. The Morgan fingerprint density at radius 3 is 2.42 bits per heavy atom. The van der Waals surface area contributed by atoms with Crippen molar-refractivity contribution in [2.75, 3.05) is 52.9 Å². The molecule has 0 spiro atoms. The van der Waals surface area contributed by atoms with Crippen LogP contribution in [0.3, 0.4) is 0 Å². The van der Waals surface area contributed by atoms with Gasteiger partial charge in [0.15, 0.2) is 0 Å². The summed E-state index contributed by atoms with van der Waals surface area (Å²) in [5, 5.41) is 10.8. The Balaban J connectivity index is 1.30. The molecule has 4 heteroatoms. The summed E-state index contributed by atoms with van der Waals surface area (Å²) in [6.07, 6.45) is 6.54. The molecule has 4 rings (SSSR count). The third kappa shape index (κ3) is 4.20. The van der Waals surface area contributed by atoms with Gasteiger partial charge in [0.1, 0.15) is 0 Å². The van der Waals surface area contributed by atoms with E-state index in [4.69, 9.17) is 0 Å². The van der Waals surface area contributed by atoms with E-state index in [1.54, 1.807) is 0 Å². The lowest BCUT2D eigenvalue weighted by Gasteiger charge is -2.44. The van der Waals surface area contributed by atoms with Gasteiger partial charge in [0.2, 0.25) is 0 Å². The fourth-order valence-corrected chi connectivity index (χ4v) is 5.10. The van der Waals surface area contributed by atoms with Crippen LogP contribution in [-0.4, -0.2) is 84.8 Å². The summed E-state index contributed by atoms with van der Waals surface area (Å²) in [6, 6.07) is 10.9. The van der Waals surface area contributed by atoms with Crippen LogP contribution in [0.5, 0.6) is 0 Å². The van der Waals surface area contributed by atoms with Gasteiger partial charge < -0.3 is 10.0 Å². The van der Waals surface area contributed by atoms with E-state index in [9.17, 15) is 5.11 Å². The summed E-state index contributed by atoms with van der Waals surface area (Å²) in [4.78, 5) is 7.53. The lowest BCUT2D eigenvalue weighted by atomic mass is 9.77. The van der Waals surface area contributed by atoms with Gasteiger partial charge in [-0.2, -0.15) is 0 Å². The summed E-state index contributed by atoms with van der Waals surface area (Å²) in [5.41, 5.74) is 1.27. The highest BCUT2D eigenvalue weighted by molar-refractivity contribution is 5.48. The summed E-state index contributed by atoms with van der Waals surface area (Å²) in [6.45, 7) is 7.86. The number of likely N-dealkylation sites (N-methyl/N-ethyl adjacent to an activating group) is 1. The van der Waals surface area contributed by atoms with Gasteiger partial charge in [-0.25, -0.2) is 0 Å². The van der Waals surface area contributed by atoms with Crippen molar-refractivity contribution in [1.82, 2.24) is 14.7 Å². The number of fused-ring (bicyclic) bond motifs is 1. The Kier molecular flexibility index (Phi) is 5.75.